The SMILES string of the molecule is CC(F)(F)COc1ccc(CN)c(N2C=CCCC2)n1. The molecule has 0 saturated carbocycles. The van der Waals surface area contributed by atoms with E-state index < -0.39 is 12.5 Å². The molecule has 0 unspecified atom stereocenters. The lowest BCUT2D eigenvalue weighted by molar-refractivity contribution is -0.0242. The molecule has 2 N–H and O–H groups in total. The highest BCUT2D eigenvalue weighted by Crippen LogP contribution is 2.25. The lowest BCUT2D eigenvalue weighted by atomic mass is 10.2. The summed E-state index contributed by atoms with van der Waals surface area (Å²) in [5, 5.41) is 0. The fourth-order valence-corrected chi connectivity index (χ4v) is 1.98. The number of anilines is 1. The monoisotopic (exact) mass is 283 g/mol. The number of nitrogens with zero attached hydrogens (tertiary/aromatic N) is 2. The van der Waals surface area contributed by atoms with Gasteiger partial charge in [0.15, 0.2) is 6.61 Å². The third kappa shape index (κ3) is 3.90. The second-order valence-electron chi connectivity index (χ2n) is 4.92. The first kappa shape index (κ1) is 14.7. The van der Waals surface area contributed by atoms with Crippen LogP contribution in [0.3, 0.4) is 0 Å². The number of alkyl halides is 2. The zero-order valence-electron chi connectivity index (χ0n) is 11.5. The van der Waals surface area contributed by atoms with Gasteiger partial charge in [0.1, 0.15) is 5.82 Å². The number of nitrogens with two attached hydrogens (primary N) is 1. The van der Waals surface area contributed by atoms with Crippen molar-refractivity contribution in [3.05, 3.63) is 30.0 Å². The summed E-state index contributed by atoms with van der Waals surface area (Å²) in [6.07, 6.45) is 6.06. The molecule has 2 heterocycles. The van der Waals surface area contributed by atoms with Gasteiger partial charge in [-0.1, -0.05) is 6.08 Å². The topological polar surface area (TPSA) is 51.4 Å². The van der Waals surface area contributed by atoms with Crippen molar-refractivity contribution >= 4 is 5.82 Å². The second-order valence-corrected chi connectivity index (χ2v) is 4.92. The average molecular weight is 283 g/mol. The second kappa shape index (κ2) is 6.17. The number of rotatable bonds is 5. The molecular weight excluding hydrogens is 264 g/mol. The van der Waals surface area contributed by atoms with Crippen LogP contribution in [0.4, 0.5) is 14.6 Å². The quantitative estimate of drug-likeness (QED) is 0.902. The van der Waals surface area contributed by atoms with Crippen LogP contribution in [-0.2, 0) is 6.54 Å². The van der Waals surface area contributed by atoms with Crippen molar-refractivity contribution in [3.8, 4) is 5.88 Å². The van der Waals surface area contributed by atoms with Crippen molar-refractivity contribution in [1.82, 2.24) is 4.98 Å². The molecule has 0 aromatic carbocycles. The first-order valence-corrected chi connectivity index (χ1v) is 6.63. The minimum atomic E-state index is -2.88. The summed E-state index contributed by atoms with van der Waals surface area (Å²) in [4.78, 5) is 6.28. The molecule has 0 amide bonds. The molecule has 2 rings (SSSR count). The third-order valence-electron chi connectivity index (χ3n) is 2.95. The predicted octanol–water partition coefficient (Wildman–Crippen LogP) is 2.69. The molecule has 1 aromatic heterocycles. The number of aromatic nitrogens is 1. The highest BCUT2D eigenvalue weighted by atomic mass is 19.3. The predicted molar refractivity (Wildman–Crippen MR) is 74.0 cm³/mol. The van der Waals surface area contributed by atoms with Crippen LogP contribution >= 0.6 is 0 Å². The minimum Gasteiger partial charge on any atom is -0.471 e. The van der Waals surface area contributed by atoms with Crippen molar-refractivity contribution in [2.24, 2.45) is 5.73 Å². The van der Waals surface area contributed by atoms with E-state index in [1.807, 2.05) is 11.1 Å². The van der Waals surface area contributed by atoms with Gasteiger partial charge < -0.3 is 15.4 Å². The molecule has 1 aliphatic rings. The van der Waals surface area contributed by atoms with Crippen LogP contribution < -0.4 is 15.4 Å². The van der Waals surface area contributed by atoms with Gasteiger partial charge in [0.05, 0.1) is 0 Å². The Morgan fingerprint density at radius 2 is 2.25 bits per heavy atom. The Bertz CT molecular complexity index is 486. The number of ether oxygens (including phenoxy) is 1. The largest absolute Gasteiger partial charge is 0.471 e. The van der Waals surface area contributed by atoms with Crippen molar-refractivity contribution < 1.29 is 13.5 Å². The maximum absolute atomic E-state index is 12.8. The lowest BCUT2D eigenvalue weighted by Gasteiger charge is -2.25. The van der Waals surface area contributed by atoms with Gasteiger partial charge >= 0.3 is 0 Å². The van der Waals surface area contributed by atoms with E-state index in [1.165, 1.54) is 0 Å². The number of hydrogen-bond donors (Lipinski definition) is 1. The molecule has 0 saturated heterocycles. The summed E-state index contributed by atoms with van der Waals surface area (Å²) in [5.41, 5.74) is 6.57. The van der Waals surface area contributed by atoms with Crippen LogP contribution in [0.2, 0.25) is 0 Å². The van der Waals surface area contributed by atoms with Gasteiger partial charge in [0, 0.05) is 37.8 Å². The molecule has 6 heteroatoms. The minimum absolute atomic E-state index is 0.192. The molecule has 1 aromatic rings. The molecule has 4 nitrogen and oxygen atoms in total. The first-order chi connectivity index (χ1) is 9.49. The van der Waals surface area contributed by atoms with Crippen molar-refractivity contribution in [2.45, 2.75) is 32.2 Å². The molecule has 0 spiro atoms. The van der Waals surface area contributed by atoms with Crippen LogP contribution in [0, 0.1) is 0 Å². The van der Waals surface area contributed by atoms with E-state index in [1.54, 1.807) is 12.1 Å². The summed E-state index contributed by atoms with van der Waals surface area (Å²) in [6.45, 7) is 1.31. The van der Waals surface area contributed by atoms with Gasteiger partial charge in [-0.25, -0.2) is 8.78 Å². The van der Waals surface area contributed by atoms with Crippen LogP contribution in [0.15, 0.2) is 24.4 Å². The molecular formula is C14H19F2N3O. The van der Waals surface area contributed by atoms with Gasteiger partial charge in [-0.15, -0.1) is 0 Å². The first-order valence-electron chi connectivity index (χ1n) is 6.63. The molecule has 0 fully saturated rings. The van der Waals surface area contributed by atoms with Crippen LogP contribution in [0.5, 0.6) is 5.88 Å². The zero-order chi connectivity index (χ0) is 14.6. The van der Waals surface area contributed by atoms with Gasteiger partial charge in [-0.05, 0) is 18.9 Å². The summed E-state index contributed by atoms with van der Waals surface area (Å²) in [6, 6.07) is 3.35. The van der Waals surface area contributed by atoms with E-state index in [4.69, 9.17) is 10.5 Å². The Balaban J connectivity index is 2.20. The van der Waals surface area contributed by atoms with Crippen molar-refractivity contribution in [1.29, 1.82) is 0 Å². The fourth-order valence-electron chi connectivity index (χ4n) is 1.98. The number of pyridine rings is 1. The molecule has 0 radical (unpaired) electrons. The van der Waals surface area contributed by atoms with E-state index >= 15 is 0 Å². The lowest BCUT2D eigenvalue weighted by Crippen LogP contribution is -2.24. The smallest absolute Gasteiger partial charge is 0.278 e. The van der Waals surface area contributed by atoms with Crippen molar-refractivity contribution in [3.63, 3.8) is 0 Å². The van der Waals surface area contributed by atoms with Crippen LogP contribution in [-0.4, -0.2) is 24.1 Å². The summed E-state index contributed by atoms with van der Waals surface area (Å²) in [7, 11) is 0. The Labute approximate surface area is 117 Å². The summed E-state index contributed by atoms with van der Waals surface area (Å²) < 4.78 is 30.7. The van der Waals surface area contributed by atoms with Crippen LogP contribution in [0.1, 0.15) is 25.3 Å². The zero-order valence-corrected chi connectivity index (χ0v) is 11.5. The molecule has 0 atom stereocenters. The van der Waals surface area contributed by atoms with Gasteiger partial charge in [0.25, 0.3) is 5.92 Å². The van der Waals surface area contributed by atoms with Gasteiger partial charge in [0.2, 0.25) is 5.88 Å². The number of hydrogen-bond acceptors (Lipinski definition) is 4. The maximum Gasteiger partial charge on any atom is 0.278 e. The molecule has 0 aliphatic carbocycles. The highest BCUT2D eigenvalue weighted by molar-refractivity contribution is 5.51. The normalized spacial score (nSPS) is 15.5. The van der Waals surface area contributed by atoms with E-state index in [2.05, 4.69) is 11.1 Å². The van der Waals surface area contributed by atoms with Crippen molar-refractivity contribution in [2.75, 3.05) is 18.1 Å². The Kier molecular flexibility index (Phi) is 4.54. The Morgan fingerprint density at radius 1 is 1.45 bits per heavy atom. The van der Waals surface area contributed by atoms with E-state index in [9.17, 15) is 8.78 Å². The van der Waals surface area contributed by atoms with Gasteiger partial charge in [-0.2, -0.15) is 4.98 Å². The molecule has 1 aliphatic heterocycles. The third-order valence-corrected chi connectivity index (χ3v) is 2.95. The molecule has 0 bridgehead atoms. The summed E-state index contributed by atoms with van der Waals surface area (Å²) >= 11 is 0. The van der Waals surface area contributed by atoms with E-state index in [0.717, 1.165) is 31.9 Å². The van der Waals surface area contributed by atoms with Crippen LogP contribution in [0.25, 0.3) is 0 Å². The van der Waals surface area contributed by atoms with E-state index in [-0.39, 0.29) is 5.88 Å². The number of halogens is 2. The fraction of sp³-hybridized carbons (Fsp3) is 0.500. The molecule has 110 valence electrons. The Hall–Kier alpha value is -1.69. The van der Waals surface area contributed by atoms with E-state index in [0.29, 0.717) is 12.4 Å². The standard InChI is InChI=1S/C14H19F2N3O/c1-14(15,16)10-20-12-6-5-11(9-17)13(18-12)19-7-3-2-4-8-19/h3,5-7H,2,4,8-10,17H2,1H3. The average Bonchev–Trinajstić information content (AvgIpc) is 2.45. The Morgan fingerprint density at radius 3 is 2.85 bits per heavy atom. The highest BCUT2D eigenvalue weighted by Gasteiger charge is 2.23. The molecule has 20 heavy (non-hydrogen) atoms. The maximum atomic E-state index is 12.8. The number of allylic oxidation sites excluding steroid dienone is 1. The van der Waals surface area contributed by atoms with Gasteiger partial charge in [-0.3, -0.25) is 0 Å². The summed E-state index contributed by atoms with van der Waals surface area (Å²) in [5.74, 6) is -2.00.